The molecule has 44 heavy (non-hydrogen) atoms. The molecule has 5 rings (SSSR count). The van der Waals surface area contributed by atoms with Crippen LogP contribution < -0.4 is 5.32 Å². The van der Waals surface area contributed by atoms with Crippen LogP contribution in [0.1, 0.15) is 24.6 Å². The number of piperidine rings is 1. The number of nitrogens with zero attached hydrogens (tertiary/aromatic N) is 4. The van der Waals surface area contributed by atoms with Crippen LogP contribution >= 0.6 is 0 Å². The molecule has 4 N–H and O–H groups in total. The summed E-state index contributed by atoms with van der Waals surface area (Å²) in [5.41, 5.74) is 3.80. The molecule has 238 valence electrons. The molecule has 2 aliphatic rings. The number of pyridine rings is 2. The summed E-state index contributed by atoms with van der Waals surface area (Å²) >= 11 is 0. The number of amides is 1. The number of carboxylic acids is 2. The second kappa shape index (κ2) is 12.8. The number of H-pyrrole nitrogens is 1. The summed E-state index contributed by atoms with van der Waals surface area (Å²) in [7, 11) is 0. The molecule has 2 aliphatic heterocycles. The van der Waals surface area contributed by atoms with Gasteiger partial charge in [0.25, 0.3) is 0 Å². The fourth-order valence-corrected chi connectivity index (χ4v) is 4.07. The van der Waals surface area contributed by atoms with Crippen LogP contribution in [0.4, 0.5) is 51.0 Å². The normalized spacial score (nSPS) is 15.8. The van der Waals surface area contributed by atoms with Gasteiger partial charge in [-0.2, -0.15) is 39.5 Å². The van der Waals surface area contributed by atoms with E-state index in [1.807, 2.05) is 12.1 Å². The van der Waals surface area contributed by atoms with E-state index in [4.69, 9.17) is 24.8 Å². The van der Waals surface area contributed by atoms with Gasteiger partial charge < -0.3 is 25.4 Å². The van der Waals surface area contributed by atoms with Crippen LogP contribution in [0.3, 0.4) is 0 Å². The van der Waals surface area contributed by atoms with Crippen LogP contribution in [-0.2, 0) is 14.4 Å². The van der Waals surface area contributed by atoms with Crippen molar-refractivity contribution in [1.82, 2.24) is 24.8 Å². The van der Waals surface area contributed by atoms with Crippen molar-refractivity contribution in [2.75, 3.05) is 18.4 Å². The van der Waals surface area contributed by atoms with Crippen molar-refractivity contribution >= 4 is 29.4 Å². The molecule has 0 saturated carbocycles. The molecular weight excluding hydrogens is 623 g/mol. The number of fused-ring (bicyclic) bond motifs is 5. The molecule has 1 unspecified atom stereocenters. The van der Waals surface area contributed by atoms with Crippen LogP contribution in [0.5, 0.6) is 0 Å². The Labute approximate surface area is 239 Å². The molecule has 0 bridgehead atoms. The minimum atomic E-state index is -5.08. The second-order valence-electron chi connectivity index (χ2n) is 8.99. The molecule has 1 amide bonds. The van der Waals surface area contributed by atoms with Crippen LogP contribution in [0.15, 0.2) is 36.8 Å². The van der Waals surface area contributed by atoms with Crippen molar-refractivity contribution in [2.45, 2.75) is 37.3 Å². The Morgan fingerprint density at radius 2 is 1.50 bits per heavy atom. The number of aromatic nitrogens is 4. The molecule has 0 radical (unpaired) electrons. The molecule has 5 heterocycles. The first kappa shape index (κ1) is 33.6. The molecule has 0 aromatic carbocycles. The first-order chi connectivity index (χ1) is 20.3. The molecule has 1 saturated heterocycles. The fraction of sp³-hybridized carbons (Fsp3) is 0.333. The topological polar surface area (TPSA) is 161 Å². The lowest BCUT2D eigenvalue weighted by atomic mass is 9.97. The maximum absolute atomic E-state index is 12.9. The summed E-state index contributed by atoms with van der Waals surface area (Å²) in [6.07, 6.45) is -8.88. The van der Waals surface area contributed by atoms with E-state index in [0.717, 1.165) is 27.4 Å². The number of alkyl halides is 9. The third-order valence-corrected chi connectivity index (χ3v) is 5.95. The van der Waals surface area contributed by atoms with E-state index in [0.29, 0.717) is 30.2 Å². The average molecular weight is 642 g/mol. The van der Waals surface area contributed by atoms with E-state index in [1.165, 1.54) is 0 Å². The van der Waals surface area contributed by atoms with Gasteiger partial charge in [-0.25, -0.2) is 19.6 Å². The number of hydrogen-bond donors (Lipinski definition) is 4. The highest BCUT2D eigenvalue weighted by molar-refractivity contribution is 5.94. The molecular formula is C24H19F9N6O5. The number of nitrogens with one attached hydrogen (secondary N) is 2. The smallest absolute Gasteiger partial charge is 0.475 e. The number of aromatic amines is 1. The molecule has 11 nitrogen and oxygen atoms in total. The van der Waals surface area contributed by atoms with Gasteiger partial charge in [0.1, 0.15) is 17.3 Å². The first-order valence-corrected chi connectivity index (χ1v) is 12.0. The lowest BCUT2D eigenvalue weighted by Crippen LogP contribution is -2.46. The van der Waals surface area contributed by atoms with E-state index >= 15 is 0 Å². The van der Waals surface area contributed by atoms with E-state index in [1.54, 1.807) is 24.7 Å². The lowest BCUT2D eigenvalue weighted by molar-refractivity contribution is -0.193. The fourth-order valence-electron chi connectivity index (χ4n) is 4.07. The van der Waals surface area contributed by atoms with Gasteiger partial charge in [-0.15, -0.1) is 0 Å². The second-order valence-corrected chi connectivity index (χ2v) is 8.99. The molecule has 1 atom stereocenters. The zero-order valence-electron chi connectivity index (χ0n) is 21.7. The standard InChI is InChI=1S/C20H17F3N6O.2C2HF3O2/c21-20(22,23)19(30)29-8-2-3-11(10-29)17-27-15-12-5-7-24-9-14(12)26-18-13(16(15)28-17)4-1-6-25-18;2*3-2(4,5)1(6)7/h1,4-7,9,11H,2-3,8,10H2,(H,25,26)(H,27,28);2*(H,6,7). The van der Waals surface area contributed by atoms with Gasteiger partial charge in [0.2, 0.25) is 0 Å². The Kier molecular flexibility index (Phi) is 9.74. The van der Waals surface area contributed by atoms with Crippen molar-refractivity contribution in [3.8, 4) is 22.5 Å². The Morgan fingerprint density at radius 1 is 0.886 bits per heavy atom. The van der Waals surface area contributed by atoms with Gasteiger partial charge in [0.05, 0.1) is 17.6 Å². The largest absolute Gasteiger partial charge is 0.490 e. The summed E-state index contributed by atoms with van der Waals surface area (Å²) in [5, 5.41) is 17.5. The van der Waals surface area contributed by atoms with Gasteiger partial charge in [0.15, 0.2) is 0 Å². The SMILES string of the molecule is O=C(N1CCCC(c2nc3c([nH]2)-c2ccncc2Nc2ncccc2-3)C1)C(F)(F)F.O=C(O)C(F)(F)F.O=C(O)C(F)(F)F. The molecule has 1 fully saturated rings. The van der Waals surface area contributed by atoms with E-state index in [-0.39, 0.29) is 19.0 Å². The molecule has 20 heteroatoms. The van der Waals surface area contributed by atoms with Crippen molar-refractivity contribution in [3.63, 3.8) is 0 Å². The highest BCUT2D eigenvalue weighted by Gasteiger charge is 2.44. The number of carboxylic acid groups (broad SMARTS) is 2. The predicted molar refractivity (Wildman–Crippen MR) is 130 cm³/mol. The number of halogens is 9. The van der Waals surface area contributed by atoms with Crippen molar-refractivity contribution in [2.24, 2.45) is 0 Å². The van der Waals surface area contributed by atoms with Crippen LogP contribution in [0.25, 0.3) is 22.5 Å². The van der Waals surface area contributed by atoms with Gasteiger partial charge in [0, 0.05) is 42.5 Å². The summed E-state index contributed by atoms with van der Waals surface area (Å²) in [5.74, 6) is -6.42. The minimum Gasteiger partial charge on any atom is -0.475 e. The van der Waals surface area contributed by atoms with Gasteiger partial charge in [-0.05, 0) is 31.0 Å². The quantitative estimate of drug-likeness (QED) is 0.207. The number of hydrogen-bond acceptors (Lipinski definition) is 7. The zero-order valence-corrected chi connectivity index (χ0v) is 21.7. The number of likely N-dealkylation sites (tertiary alicyclic amines) is 1. The zero-order chi connectivity index (χ0) is 33.0. The maximum atomic E-state index is 12.9. The molecule has 3 aromatic rings. The van der Waals surface area contributed by atoms with Crippen molar-refractivity contribution in [1.29, 1.82) is 0 Å². The number of carbonyl (C=O) groups excluding carboxylic acids is 1. The number of imidazole rings is 1. The van der Waals surface area contributed by atoms with Crippen LogP contribution in [-0.4, -0.2) is 84.5 Å². The Hall–Kier alpha value is -4.91. The van der Waals surface area contributed by atoms with Gasteiger partial charge >= 0.3 is 36.4 Å². The third kappa shape index (κ3) is 8.13. The summed E-state index contributed by atoms with van der Waals surface area (Å²) in [4.78, 5) is 47.0. The van der Waals surface area contributed by atoms with Crippen molar-refractivity contribution in [3.05, 3.63) is 42.6 Å². The Balaban J connectivity index is 0.000000317. The minimum absolute atomic E-state index is 0.0217. The molecule has 0 aliphatic carbocycles. The van der Waals surface area contributed by atoms with Gasteiger partial charge in [-0.1, -0.05) is 0 Å². The lowest BCUT2D eigenvalue weighted by Gasteiger charge is -2.32. The van der Waals surface area contributed by atoms with Crippen molar-refractivity contribution < 1.29 is 64.1 Å². The summed E-state index contributed by atoms with van der Waals surface area (Å²) in [6, 6.07) is 5.53. The highest BCUT2D eigenvalue weighted by atomic mass is 19.4. The number of aliphatic carboxylic acids is 2. The predicted octanol–water partition coefficient (Wildman–Crippen LogP) is 5.13. The number of rotatable bonds is 1. The monoisotopic (exact) mass is 642 g/mol. The van der Waals surface area contributed by atoms with Gasteiger partial charge in [-0.3, -0.25) is 9.78 Å². The van der Waals surface area contributed by atoms with Crippen LogP contribution in [0.2, 0.25) is 0 Å². The van der Waals surface area contributed by atoms with Crippen LogP contribution in [0, 0.1) is 0 Å². The Morgan fingerprint density at radius 3 is 2.07 bits per heavy atom. The third-order valence-electron chi connectivity index (χ3n) is 5.95. The number of anilines is 2. The highest BCUT2D eigenvalue weighted by Crippen LogP contribution is 2.43. The van der Waals surface area contributed by atoms with E-state index in [2.05, 4.69) is 20.3 Å². The summed E-state index contributed by atoms with van der Waals surface area (Å²) < 4.78 is 102. The Bertz CT molecular complexity index is 1430. The van der Waals surface area contributed by atoms with E-state index in [9.17, 15) is 44.3 Å². The molecule has 0 spiro atoms. The molecule has 3 aromatic heterocycles. The maximum Gasteiger partial charge on any atom is 0.490 e. The number of carbonyl (C=O) groups is 3. The summed E-state index contributed by atoms with van der Waals surface area (Å²) in [6.45, 7) is 0.0759. The van der Waals surface area contributed by atoms with E-state index < -0.39 is 36.4 Å². The average Bonchev–Trinajstić information content (AvgIpc) is 3.32. The first-order valence-electron chi connectivity index (χ1n) is 12.0.